The van der Waals surface area contributed by atoms with Gasteiger partial charge in [-0.25, -0.2) is 18.1 Å². The van der Waals surface area contributed by atoms with Crippen molar-refractivity contribution in [3.05, 3.63) is 66.7 Å². The van der Waals surface area contributed by atoms with E-state index in [0.717, 1.165) is 72.2 Å². The largest absolute Gasteiger partial charge is 0.369 e. The summed E-state index contributed by atoms with van der Waals surface area (Å²) in [5, 5.41) is 10.2. The van der Waals surface area contributed by atoms with Gasteiger partial charge in [0.15, 0.2) is 0 Å². The molecule has 1 heterocycles. The highest BCUT2D eigenvalue weighted by Gasteiger charge is 2.24. The maximum absolute atomic E-state index is 13.0. The second-order valence-corrected chi connectivity index (χ2v) is 13.7. The van der Waals surface area contributed by atoms with Gasteiger partial charge in [0.05, 0.1) is 10.4 Å². The summed E-state index contributed by atoms with van der Waals surface area (Å²) >= 11 is 0. The van der Waals surface area contributed by atoms with Crippen LogP contribution in [0.3, 0.4) is 0 Å². The zero-order valence-electron chi connectivity index (χ0n) is 23.7. The minimum atomic E-state index is -3.53. The van der Waals surface area contributed by atoms with E-state index < -0.39 is 10.0 Å². The Morgan fingerprint density at radius 2 is 1.32 bits per heavy atom. The van der Waals surface area contributed by atoms with E-state index in [-0.39, 0.29) is 0 Å². The molecule has 216 valence electrons. The number of nitrogens with one attached hydrogen (secondary N) is 3. The molecule has 0 saturated heterocycles. The van der Waals surface area contributed by atoms with Gasteiger partial charge in [0, 0.05) is 25.0 Å². The van der Waals surface area contributed by atoms with Crippen LogP contribution in [0.15, 0.2) is 71.6 Å². The molecule has 8 heteroatoms. The van der Waals surface area contributed by atoms with E-state index in [1.807, 2.05) is 42.5 Å². The van der Waals surface area contributed by atoms with Crippen LogP contribution < -0.4 is 15.4 Å². The van der Waals surface area contributed by atoms with Gasteiger partial charge in [-0.15, -0.1) is 0 Å². The molecule has 0 aliphatic heterocycles. The molecule has 0 atom stereocenters. The van der Waals surface area contributed by atoms with Gasteiger partial charge in [0.2, 0.25) is 16.0 Å². The maximum atomic E-state index is 13.0. The Labute approximate surface area is 243 Å². The van der Waals surface area contributed by atoms with E-state index in [1.165, 1.54) is 32.1 Å². The van der Waals surface area contributed by atoms with Crippen molar-refractivity contribution in [3.8, 4) is 0 Å². The smallest absolute Gasteiger partial charge is 0.240 e. The second kappa shape index (κ2) is 12.7. The highest BCUT2D eigenvalue weighted by atomic mass is 32.2. The van der Waals surface area contributed by atoms with Crippen LogP contribution in [0.2, 0.25) is 0 Å². The molecule has 7 nitrogen and oxygen atoms in total. The molecular formula is C33H41N5O2S. The van der Waals surface area contributed by atoms with Crippen LogP contribution in [0, 0.1) is 17.8 Å². The molecule has 0 amide bonds. The van der Waals surface area contributed by atoms with Crippen molar-refractivity contribution < 1.29 is 8.42 Å². The van der Waals surface area contributed by atoms with Crippen molar-refractivity contribution >= 4 is 43.5 Å². The average molecular weight is 572 g/mol. The van der Waals surface area contributed by atoms with Gasteiger partial charge in [-0.3, -0.25) is 0 Å². The van der Waals surface area contributed by atoms with E-state index >= 15 is 0 Å². The SMILES string of the molecule is O=S(=O)(NCC1CCC(CNc2nc(NCC3CCCCC3)c3ccccc3n2)CC1)c1ccc2ccccc2c1. The predicted octanol–water partition coefficient (Wildman–Crippen LogP) is 6.97. The summed E-state index contributed by atoms with van der Waals surface area (Å²) in [5.41, 5.74) is 0.957. The predicted molar refractivity (Wildman–Crippen MR) is 168 cm³/mol. The van der Waals surface area contributed by atoms with E-state index in [4.69, 9.17) is 9.97 Å². The lowest BCUT2D eigenvalue weighted by atomic mass is 9.82. The molecule has 1 aromatic heterocycles. The molecule has 6 rings (SSSR count). The molecule has 0 unspecified atom stereocenters. The molecule has 0 radical (unpaired) electrons. The summed E-state index contributed by atoms with van der Waals surface area (Å²) in [5.74, 6) is 3.21. The van der Waals surface area contributed by atoms with Crippen molar-refractivity contribution in [2.45, 2.75) is 62.7 Å². The van der Waals surface area contributed by atoms with Crippen molar-refractivity contribution in [1.29, 1.82) is 0 Å². The first-order valence-corrected chi connectivity index (χ1v) is 16.7. The van der Waals surface area contributed by atoms with E-state index in [0.29, 0.717) is 29.2 Å². The van der Waals surface area contributed by atoms with Gasteiger partial charge in [0.1, 0.15) is 5.82 Å². The monoisotopic (exact) mass is 571 g/mol. The Morgan fingerprint density at radius 3 is 2.12 bits per heavy atom. The zero-order chi connectivity index (χ0) is 28.1. The fourth-order valence-corrected chi connectivity index (χ4v) is 7.59. The molecule has 3 N–H and O–H groups in total. The maximum Gasteiger partial charge on any atom is 0.240 e. The zero-order valence-corrected chi connectivity index (χ0v) is 24.5. The molecule has 2 aliphatic carbocycles. The number of hydrogen-bond acceptors (Lipinski definition) is 6. The summed E-state index contributed by atoms with van der Waals surface area (Å²) < 4.78 is 28.8. The minimum absolute atomic E-state index is 0.331. The summed E-state index contributed by atoms with van der Waals surface area (Å²) in [6, 6.07) is 21.4. The molecule has 0 bridgehead atoms. The fourth-order valence-electron chi connectivity index (χ4n) is 6.44. The third-order valence-corrected chi connectivity index (χ3v) is 10.4. The highest BCUT2D eigenvalue weighted by molar-refractivity contribution is 7.89. The van der Waals surface area contributed by atoms with Crippen LogP contribution in [-0.2, 0) is 10.0 Å². The first-order valence-electron chi connectivity index (χ1n) is 15.3. The van der Waals surface area contributed by atoms with Gasteiger partial charge in [0.25, 0.3) is 0 Å². The van der Waals surface area contributed by atoms with E-state index in [2.05, 4.69) is 27.5 Å². The van der Waals surface area contributed by atoms with Crippen LogP contribution in [0.5, 0.6) is 0 Å². The summed E-state index contributed by atoms with van der Waals surface area (Å²) in [6.45, 7) is 2.28. The lowest BCUT2D eigenvalue weighted by Crippen LogP contribution is -2.32. The first kappa shape index (κ1) is 27.9. The number of fused-ring (bicyclic) bond motifs is 2. The lowest BCUT2D eigenvalue weighted by Gasteiger charge is -2.28. The van der Waals surface area contributed by atoms with Crippen molar-refractivity contribution in [3.63, 3.8) is 0 Å². The van der Waals surface area contributed by atoms with Gasteiger partial charge >= 0.3 is 0 Å². The number of benzene rings is 3. The molecule has 2 fully saturated rings. The Kier molecular flexibility index (Phi) is 8.67. The number of aromatic nitrogens is 2. The number of sulfonamides is 1. The van der Waals surface area contributed by atoms with Gasteiger partial charge < -0.3 is 10.6 Å². The van der Waals surface area contributed by atoms with E-state index in [1.54, 1.807) is 12.1 Å². The molecule has 4 aromatic rings. The minimum Gasteiger partial charge on any atom is -0.369 e. The molecule has 41 heavy (non-hydrogen) atoms. The van der Waals surface area contributed by atoms with Crippen molar-refractivity contribution in [2.75, 3.05) is 30.3 Å². The van der Waals surface area contributed by atoms with Gasteiger partial charge in [-0.05, 0) is 91.3 Å². The molecule has 3 aromatic carbocycles. The molecule has 2 saturated carbocycles. The summed E-state index contributed by atoms with van der Waals surface area (Å²) in [6.07, 6.45) is 10.8. The van der Waals surface area contributed by atoms with Crippen LogP contribution in [0.25, 0.3) is 21.7 Å². The van der Waals surface area contributed by atoms with Crippen LogP contribution >= 0.6 is 0 Å². The summed E-state index contributed by atoms with van der Waals surface area (Å²) in [4.78, 5) is 10.0. The Morgan fingerprint density at radius 1 is 0.659 bits per heavy atom. The fraction of sp³-hybridized carbons (Fsp3) is 0.455. The van der Waals surface area contributed by atoms with Crippen LogP contribution in [0.4, 0.5) is 11.8 Å². The first-order chi connectivity index (χ1) is 20.0. The van der Waals surface area contributed by atoms with Crippen LogP contribution in [0.1, 0.15) is 57.8 Å². The second-order valence-electron chi connectivity index (χ2n) is 11.9. The Bertz CT molecular complexity index is 1580. The highest BCUT2D eigenvalue weighted by Crippen LogP contribution is 2.30. The Balaban J connectivity index is 1.00. The Hall–Kier alpha value is -3.23. The molecular weight excluding hydrogens is 530 g/mol. The standard InChI is InChI=1S/C33H41N5O2S/c39-41(40,29-19-18-27-10-4-5-11-28(27)20-29)36-23-26-16-14-25(15-17-26)22-35-33-37-31-13-7-6-12-30(31)32(38-33)34-21-24-8-2-1-3-9-24/h4-7,10-13,18-20,24-26,36H,1-3,8-9,14-17,21-23H2,(H2,34,35,37,38). The van der Waals surface area contributed by atoms with Crippen molar-refractivity contribution in [2.24, 2.45) is 17.8 Å². The van der Waals surface area contributed by atoms with Crippen LogP contribution in [-0.4, -0.2) is 38.0 Å². The lowest BCUT2D eigenvalue weighted by molar-refractivity contribution is 0.284. The van der Waals surface area contributed by atoms with Gasteiger partial charge in [-0.1, -0.05) is 61.7 Å². The molecule has 2 aliphatic rings. The van der Waals surface area contributed by atoms with E-state index in [9.17, 15) is 8.42 Å². The number of para-hydroxylation sites is 1. The van der Waals surface area contributed by atoms with Crippen molar-refractivity contribution in [1.82, 2.24) is 14.7 Å². The average Bonchev–Trinajstić information content (AvgIpc) is 3.02. The number of anilines is 2. The normalized spacial score (nSPS) is 20.3. The number of rotatable bonds is 10. The third-order valence-electron chi connectivity index (χ3n) is 8.99. The third kappa shape index (κ3) is 6.99. The summed E-state index contributed by atoms with van der Waals surface area (Å²) in [7, 11) is -3.53. The topological polar surface area (TPSA) is 96.0 Å². The number of hydrogen-bond donors (Lipinski definition) is 3. The van der Waals surface area contributed by atoms with Gasteiger partial charge in [-0.2, -0.15) is 4.98 Å². The quantitative estimate of drug-likeness (QED) is 0.190. The number of nitrogens with zero attached hydrogens (tertiary/aromatic N) is 2. The molecule has 0 spiro atoms.